The molecule has 2 heterocycles. The van der Waals surface area contributed by atoms with E-state index in [0.717, 1.165) is 48.6 Å². The summed E-state index contributed by atoms with van der Waals surface area (Å²) in [6, 6.07) is 5.71. The second-order valence-corrected chi connectivity index (χ2v) is 11.4. The van der Waals surface area contributed by atoms with Crippen molar-refractivity contribution in [1.82, 2.24) is 15.3 Å². The van der Waals surface area contributed by atoms with Gasteiger partial charge < -0.3 is 5.32 Å². The van der Waals surface area contributed by atoms with Gasteiger partial charge in [-0.2, -0.15) is 13.2 Å². The Morgan fingerprint density at radius 1 is 1.15 bits per heavy atom. The molecule has 7 heteroatoms. The van der Waals surface area contributed by atoms with Gasteiger partial charge in [0.2, 0.25) is 0 Å². The van der Waals surface area contributed by atoms with Crippen LogP contribution in [0.1, 0.15) is 117 Å². The van der Waals surface area contributed by atoms with E-state index < -0.39 is 18.1 Å². The second kappa shape index (κ2) is 11.2. The van der Waals surface area contributed by atoms with Gasteiger partial charge in [0.05, 0.1) is 17.0 Å². The SMILES string of the molecule is CCCC#CC1=C(c2ccc(C(=O)NC(C)C(F)(F)F)cn2)CC(C2CCC2)C(C)c2nc(C3CC3)ccc21. The van der Waals surface area contributed by atoms with Crippen LogP contribution < -0.4 is 5.32 Å². The molecule has 0 aromatic carbocycles. The lowest BCUT2D eigenvalue weighted by molar-refractivity contribution is -0.149. The zero-order valence-electron chi connectivity index (χ0n) is 22.9. The smallest absolute Gasteiger partial charge is 0.340 e. The Hall–Kier alpha value is -3.14. The quantitative estimate of drug-likeness (QED) is 0.386. The number of carbonyl (C=O) groups excluding carboxylic acids is 1. The van der Waals surface area contributed by atoms with Crippen molar-refractivity contribution < 1.29 is 18.0 Å². The molecule has 3 unspecified atom stereocenters. The van der Waals surface area contributed by atoms with Gasteiger partial charge in [-0.1, -0.05) is 51.0 Å². The molecular weight excluding hydrogens is 499 g/mol. The van der Waals surface area contributed by atoms with E-state index in [1.165, 1.54) is 44.0 Å². The largest absolute Gasteiger partial charge is 0.408 e. The molecule has 0 aliphatic heterocycles. The Kier molecular flexibility index (Phi) is 7.84. The highest BCUT2D eigenvalue weighted by Gasteiger charge is 2.39. The van der Waals surface area contributed by atoms with Crippen molar-refractivity contribution in [2.75, 3.05) is 0 Å². The van der Waals surface area contributed by atoms with Crippen LogP contribution >= 0.6 is 0 Å². The van der Waals surface area contributed by atoms with Crippen molar-refractivity contribution in [1.29, 1.82) is 0 Å². The minimum absolute atomic E-state index is 0.0998. The fraction of sp³-hybridized carbons (Fsp3) is 0.531. The number of nitrogens with one attached hydrogen (secondary N) is 1. The van der Waals surface area contributed by atoms with Crippen LogP contribution in [0.25, 0.3) is 11.1 Å². The predicted molar refractivity (Wildman–Crippen MR) is 147 cm³/mol. The van der Waals surface area contributed by atoms with E-state index in [4.69, 9.17) is 4.98 Å². The molecule has 3 atom stereocenters. The Morgan fingerprint density at radius 2 is 1.92 bits per heavy atom. The molecule has 2 saturated carbocycles. The molecule has 39 heavy (non-hydrogen) atoms. The van der Waals surface area contributed by atoms with Crippen molar-refractivity contribution in [2.24, 2.45) is 11.8 Å². The van der Waals surface area contributed by atoms with Crippen molar-refractivity contribution in [2.45, 2.75) is 96.2 Å². The van der Waals surface area contributed by atoms with Gasteiger partial charge in [-0.25, -0.2) is 0 Å². The van der Waals surface area contributed by atoms with Crippen molar-refractivity contribution in [3.63, 3.8) is 0 Å². The maximum absolute atomic E-state index is 12.9. The molecule has 1 amide bonds. The monoisotopic (exact) mass is 535 g/mol. The number of hydrogen-bond acceptors (Lipinski definition) is 3. The molecule has 0 radical (unpaired) electrons. The average molecular weight is 536 g/mol. The van der Waals surface area contributed by atoms with Gasteiger partial charge in [0.1, 0.15) is 6.04 Å². The minimum atomic E-state index is -4.51. The fourth-order valence-electron chi connectivity index (χ4n) is 5.70. The van der Waals surface area contributed by atoms with Crippen LogP contribution in [0.4, 0.5) is 13.2 Å². The summed E-state index contributed by atoms with van der Waals surface area (Å²) in [5, 5.41) is 2.02. The van der Waals surface area contributed by atoms with Crippen molar-refractivity contribution in [3.8, 4) is 11.8 Å². The fourth-order valence-corrected chi connectivity index (χ4v) is 5.70. The summed E-state index contributed by atoms with van der Waals surface area (Å²) in [6.07, 6.45) is 5.48. The predicted octanol–water partition coefficient (Wildman–Crippen LogP) is 7.67. The normalized spacial score (nSPS) is 22.2. The topological polar surface area (TPSA) is 54.9 Å². The molecule has 0 spiro atoms. The molecule has 1 N–H and O–H groups in total. The van der Waals surface area contributed by atoms with Crippen molar-refractivity contribution >= 4 is 17.1 Å². The van der Waals surface area contributed by atoms with Gasteiger partial charge in [-0.3, -0.25) is 14.8 Å². The van der Waals surface area contributed by atoms with Gasteiger partial charge in [0, 0.05) is 41.3 Å². The maximum atomic E-state index is 12.9. The molecule has 0 saturated heterocycles. The van der Waals surface area contributed by atoms with Crippen LogP contribution in [0.5, 0.6) is 0 Å². The lowest BCUT2D eigenvalue weighted by Crippen LogP contribution is -2.43. The van der Waals surface area contributed by atoms with E-state index in [-0.39, 0.29) is 11.5 Å². The number of alkyl halides is 3. The number of allylic oxidation sites excluding steroid dienone is 2. The molecule has 2 fully saturated rings. The number of pyridine rings is 2. The Bertz CT molecular complexity index is 1310. The van der Waals surface area contributed by atoms with Crippen LogP contribution in [-0.4, -0.2) is 28.1 Å². The molecule has 3 aliphatic rings. The summed E-state index contributed by atoms with van der Waals surface area (Å²) < 4.78 is 38.8. The zero-order valence-corrected chi connectivity index (χ0v) is 22.9. The highest BCUT2D eigenvalue weighted by atomic mass is 19.4. The van der Waals surface area contributed by atoms with E-state index >= 15 is 0 Å². The van der Waals surface area contributed by atoms with Crippen molar-refractivity contribution in [3.05, 3.63) is 58.7 Å². The number of aromatic nitrogens is 2. The molecular formula is C32H36F3N3O. The first kappa shape index (κ1) is 27.4. The van der Waals surface area contributed by atoms with Crippen LogP contribution in [0, 0.1) is 23.7 Å². The second-order valence-electron chi connectivity index (χ2n) is 11.4. The van der Waals surface area contributed by atoms with Crippen LogP contribution in [0.3, 0.4) is 0 Å². The number of nitrogens with zero attached hydrogens (tertiary/aromatic N) is 2. The summed E-state index contributed by atoms with van der Waals surface area (Å²) >= 11 is 0. The molecule has 0 bridgehead atoms. The van der Waals surface area contributed by atoms with Crippen LogP contribution in [0.15, 0.2) is 30.5 Å². The molecule has 2 aromatic rings. The molecule has 5 rings (SSSR count). The standard InChI is InChI=1S/C32H36F3N3O/c1-4-5-6-10-24-25-14-16-28(22-11-12-22)38-30(25)19(2)26(21-8-7-9-21)17-27(24)29-15-13-23(18-36-29)31(39)37-20(3)32(33,34)35/h13-16,18-22,26H,4-5,7-9,11-12,17H2,1-3H3,(H,37,39). The van der Waals surface area contributed by atoms with Crippen LogP contribution in [-0.2, 0) is 0 Å². The number of fused-ring (bicyclic) bond motifs is 1. The van der Waals surface area contributed by atoms with E-state index in [0.29, 0.717) is 23.4 Å². The van der Waals surface area contributed by atoms with E-state index in [1.807, 2.05) is 5.32 Å². The molecule has 3 aliphatic carbocycles. The summed E-state index contributed by atoms with van der Waals surface area (Å²) in [4.78, 5) is 22.3. The van der Waals surface area contributed by atoms with Gasteiger partial charge in [0.25, 0.3) is 5.91 Å². The third kappa shape index (κ3) is 5.90. The van der Waals surface area contributed by atoms with Crippen LogP contribution in [0.2, 0.25) is 0 Å². The molecule has 2 aromatic heterocycles. The lowest BCUT2D eigenvalue weighted by atomic mass is 9.68. The first-order chi connectivity index (χ1) is 18.7. The number of halogens is 3. The lowest BCUT2D eigenvalue weighted by Gasteiger charge is -2.37. The number of rotatable bonds is 6. The van der Waals surface area contributed by atoms with Gasteiger partial charge in [-0.15, -0.1) is 0 Å². The van der Waals surface area contributed by atoms with Gasteiger partial charge >= 0.3 is 6.18 Å². The Balaban J connectivity index is 1.57. The van der Waals surface area contributed by atoms with Gasteiger partial charge in [-0.05, 0) is 68.2 Å². The number of hydrogen-bond donors (Lipinski definition) is 1. The summed E-state index contributed by atoms with van der Waals surface area (Å²) in [6.45, 7) is 5.33. The summed E-state index contributed by atoms with van der Waals surface area (Å²) in [5.41, 5.74) is 6.17. The zero-order chi connectivity index (χ0) is 27.7. The summed E-state index contributed by atoms with van der Waals surface area (Å²) in [7, 11) is 0. The first-order valence-electron chi connectivity index (χ1n) is 14.2. The summed E-state index contributed by atoms with van der Waals surface area (Å²) in [5.74, 6) is 7.88. The van der Waals surface area contributed by atoms with E-state index in [2.05, 4.69) is 42.8 Å². The Labute approximate surface area is 228 Å². The molecule has 206 valence electrons. The minimum Gasteiger partial charge on any atom is -0.340 e. The first-order valence-corrected chi connectivity index (χ1v) is 14.2. The molecule has 4 nitrogen and oxygen atoms in total. The van der Waals surface area contributed by atoms with E-state index in [9.17, 15) is 18.0 Å². The highest BCUT2D eigenvalue weighted by Crippen LogP contribution is 2.50. The number of carbonyl (C=O) groups is 1. The van der Waals surface area contributed by atoms with E-state index in [1.54, 1.807) is 12.1 Å². The number of unbranched alkanes of at least 4 members (excludes halogenated alkanes) is 1. The van der Waals surface area contributed by atoms with Gasteiger partial charge in [0.15, 0.2) is 0 Å². The Morgan fingerprint density at radius 3 is 2.51 bits per heavy atom. The number of amides is 1. The third-order valence-electron chi connectivity index (χ3n) is 8.54. The highest BCUT2D eigenvalue weighted by molar-refractivity contribution is 5.99. The maximum Gasteiger partial charge on any atom is 0.408 e. The average Bonchev–Trinajstić information content (AvgIpc) is 3.73. The third-order valence-corrected chi connectivity index (χ3v) is 8.54.